The lowest BCUT2D eigenvalue weighted by molar-refractivity contribution is -0.139. The molecule has 1 atom stereocenters. The summed E-state index contributed by atoms with van der Waals surface area (Å²) in [5.74, 6) is -1.21. The topological polar surface area (TPSA) is 88.5 Å². The first-order valence-electron chi connectivity index (χ1n) is 10.8. The fourth-order valence-electron chi connectivity index (χ4n) is 4.46. The van der Waals surface area contributed by atoms with E-state index >= 15 is 0 Å². The molecule has 0 fully saturated rings. The van der Waals surface area contributed by atoms with Crippen molar-refractivity contribution in [3.63, 3.8) is 0 Å². The maximum atomic E-state index is 12.5. The first kappa shape index (κ1) is 20.7. The number of nitrogens with one attached hydrogen (secondary N) is 1. The van der Waals surface area contributed by atoms with Crippen molar-refractivity contribution in [2.45, 2.75) is 18.4 Å². The number of carbonyl (C=O) groups is 2. The number of fused-ring (bicyclic) bond motifs is 4. The van der Waals surface area contributed by atoms with Crippen LogP contribution in [0.15, 0.2) is 85.1 Å². The number of carboxylic acid groups (broad SMARTS) is 1. The van der Waals surface area contributed by atoms with Gasteiger partial charge >= 0.3 is 12.1 Å². The van der Waals surface area contributed by atoms with Crippen LogP contribution in [0.5, 0.6) is 0 Å². The Morgan fingerprint density at radius 3 is 2.33 bits per heavy atom. The number of carboxylic acids is 1. The van der Waals surface area contributed by atoms with Crippen molar-refractivity contribution >= 4 is 23.0 Å². The Morgan fingerprint density at radius 1 is 0.939 bits per heavy atom. The number of benzene rings is 3. The van der Waals surface area contributed by atoms with Gasteiger partial charge in [-0.25, -0.2) is 9.59 Å². The third-order valence-electron chi connectivity index (χ3n) is 6.04. The van der Waals surface area contributed by atoms with E-state index in [1.807, 2.05) is 66.7 Å². The van der Waals surface area contributed by atoms with Gasteiger partial charge in [0.2, 0.25) is 0 Å². The van der Waals surface area contributed by atoms with Crippen molar-refractivity contribution in [2.24, 2.45) is 0 Å². The molecule has 1 aliphatic carbocycles. The highest BCUT2D eigenvalue weighted by Crippen LogP contribution is 2.44. The van der Waals surface area contributed by atoms with Crippen LogP contribution in [0.1, 0.15) is 22.6 Å². The summed E-state index contributed by atoms with van der Waals surface area (Å²) in [5, 5.41) is 13.1. The van der Waals surface area contributed by atoms with Gasteiger partial charge in [-0.05, 0) is 39.9 Å². The van der Waals surface area contributed by atoms with Crippen LogP contribution in [0.25, 0.3) is 22.0 Å². The number of aromatic nitrogens is 1. The molecule has 4 aromatic rings. The van der Waals surface area contributed by atoms with Crippen molar-refractivity contribution in [1.82, 2.24) is 10.3 Å². The second-order valence-electron chi connectivity index (χ2n) is 8.10. The summed E-state index contributed by atoms with van der Waals surface area (Å²) < 4.78 is 5.50. The minimum Gasteiger partial charge on any atom is -0.480 e. The van der Waals surface area contributed by atoms with Crippen LogP contribution in [-0.2, 0) is 16.0 Å². The van der Waals surface area contributed by atoms with Gasteiger partial charge in [-0.2, -0.15) is 0 Å². The number of amides is 1. The maximum Gasteiger partial charge on any atom is 0.407 e. The predicted octanol–water partition coefficient (Wildman–Crippen LogP) is 4.77. The SMILES string of the molecule is O=C(NC(Cc1ccc2cccnc2c1)C(=O)O)OCC1c2ccccc2-c2ccccc21. The van der Waals surface area contributed by atoms with Crippen LogP contribution >= 0.6 is 0 Å². The average Bonchev–Trinajstić information content (AvgIpc) is 3.16. The molecule has 1 aromatic heterocycles. The molecule has 0 bridgehead atoms. The van der Waals surface area contributed by atoms with E-state index in [2.05, 4.69) is 22.4 Å². The Balaban J connectivity index is 1.27. The lowest BCUT2D eigenvalue weighted by Crippen LogP contribution is -2.42. The van der Waals surface area contributed by atoms with E-state index < -0.39 is 18.1 Å². The van der Waals surface area contributed by atoms with Gasteiger partial charge in [-0.3, -0.25) is 4.98 Å². The molecule has 0 saturated carbocycles. The van der Waals surface area contributed by atoms with Crippen LogP contribution in [0.3, 0.4) is 0 Å². The van der Waals surface area contributed by atoms with Gasteiger partial charge in [-0.1, -0.05) is 66.7 Å². The van der Waals surface area contributed by atoms with E-state index in [-0.39, 0.29) is 18.9 Å². The average molecular weight is 438 g/mol. The van der Waals surface area contributed by atoms with Gasteiger partial charge in [0, 0.05) is 23.9 Å². The molecule has 3 aromatic carbocycles. The fraction of sp³-hybridized carbons (Fsp3) is 0.148. The number of ether oxygens (including phenoxy) is 1. The first-order chi connectivity index (χ1) is 16.1. The van der Waals surface area contributed by atoms with Gasteiger partial charge in [-0.15, -0.1) is 0 Å². The molecule has 0 saturated heterocycles. The molecule has 1 unspecified atom stereocenters. The van der Waals surface area contributed by atoms with E-state index in [0.717, 1.165) is 38.7 Å². The van der Waals surface area contributed by atoms with Gasteiger partial charge in [0.05, 0.1) is 5.52 Å². The molecule has 33 heavy (non-hydrogen) atoms. The van der Waals surface area contributed by atoms with Crippen molar-refractivity contribution in [3.05, 3.63) is 102 Å². The first-order valence-corrected chi connectivity index (χ1v) is 10.8. The summed E-state index contributed by atoms with van der Waals surface area (Å²) in [6.45, 7) is 0.131. The standard InChI is InChI=1S/C27H22N2O4/c30-26(31)25(15-17-11-12-18-6-5-13-28-24(18)14-17)29-27(32)33-16-23-21-9-3-1-7-19(21)20-8-2-4-10-22(20)23/h1-14,23,25H,15-16H2,(H,29,32)(H,30,31). The molecule has 0 aliphatic heterocycles. The molecule has 2 N–H and O–H groups in total. The Morgan fingerprint density at radius 2 is 1.64 bits per heavy atom. The van der Waals surface area contributed by atoms with E-state index in [0.29, 0.717) is 0 Å². The van der Waals surface area contributed by atoms with E-state index in [1.165, 1.54) is 0 Å². The van der Waals surface area contributed by atoms with Crippen molar-refractivity contribution in [1.29, 1.82) is 0 Å². The van der Waals surface area contributed by atoms with Gasteiger partial charge < -0.3 is 15.2 Å². The number of aliphatic carboxylic acids is 1. The zero-order valence-electron chi connectivity index (χ0n) is 17.8. The summed E-state index contributed by atoms with van der Waals surface area (Å²) in [4.78, 5) is 28.6. The van der Waals surface area contributed by atoms with E-state index in [4.69, 9.17) is 4.74 Å². The number of hydrogen-bond acceptors (Lipinski definition) is 4. The number of carbonyl (C=O) groups excluding carboxylic acids is 1. The Kier molecular flexibility index (Phi) is 5.48. The van der Waals surface area contributed by atoms with Gasteiger partial charge in [0.15, 0.2) is 0 Å². The van der Waals surface area contributed by atoms with Crippen LogP contribution in [0.2, 0.25) is 0 Å². The molecule has 164 valence electrons. The van der Waals surface area contributed by atoms with E-state index in [1.54, 1.807) is 6.20 Å². The molecule has 5 rings (SSSR count). The van der Waals surface area contributed by atoms with Crippen LogP contribution in [0, 0.1) is 0 Å². The van der Waals surface area contributed by atoms with Crippen LogP contribution < -0.4 is 5.32 Å². The zero-order valence-corrected chi connectivity index (χ0v) is 17.8. The summed E-state index contributed by atoms with van der Waals surface area (Å²) in [7, 11) is 0. The largest absolute Gasteiger partial charge is 0.480 e. The number of rotatable bonds is 6. The smallest absolute Gasteiger partial charge is 0.407 e. The summed E-state index contributed by atoms with van der Waals surface area (Å²) in [6, 6.07) is 24.4. The second-order valence-corrected chi connectivity index (χ2v) is 8.10. The molecule has 6 heteroatoms. The molecule has 1 heterocycles. The quantitative estimate of drug-likeness (QED) is 0.453. The fourth-order valence-corrected chi connectivity index (χ4v) is 4.46. The Bertz CT molecular complexity index is 1310. The number of nitrogens with zero attached hydrogens (tertiary/aromatic N) is 1. The molecular formula is C27H22N2O4. The Labute approximate surface area is 190 Å². The third-order valence-corrected chi connectivity index (χ3v) is 6.04. The third kappa shape index (κ3) is 4.15. The Hall–Kier alpha value is -4.19. The summed E-state index contributed by atoms with van der Waals surface area (Å²) in [6.07, 6.45) is 1.07. The summed E-state index contributed by atoms with van der Waals surface area (Å²) >= 11 is 0. The summed E-state index contributed by atoms with van der Waals surface area (Å²) in [5.41, 5.74) is 6.02. The molecule has 0 radical (unpaired) electrons. The van der Waals surface area contributed by atoms with Gasteiger partial charge in [0.25, 0.3) is 0 Å². The van der Waals surface area contributed by atoms with Crippen LogP contribution in [0.4, 0.5) is 4.79 Å². The number of alkyl carbamates (subject to hydrolysis) is 1. The maximum absolute atomic E-state index is 12.5. The van der Waals surface area contributed by atoms with Crippen molar-refractivity contribution in [2.75, 3.05) is 6.61 Å². The number of pyridine rings is 1. The lowest BCUT2D eigenvalue weighted by atomic mass is 9.98. The minimum absolute atomic E-state index is 0.0852. The molecule has 1 aliphatic rings. The highest BCUT2D eigenvalue weighted by atomic mass is 16.5. The molecule has 1 amide bonds. The minimum atomic E-state index is -1.12. The van der Waals surface area contributed by atoms with Crippen LogP contribution in [-0.4, -0.2) is 34.8 Å². The molecule has 0 spiro atoms. The predicted molar refractivity (Wildman–Crippen MR) is 125 cm³/mol. The molecular weight excluding hydrogens is 416 g/mol. The van der Waals surface area contributed by atoms with Gasteiger partial charge in [0.1, 0.15) is 12.6 Å². The lowest BCUT2D eigenvalue weighted by Gasteiger charge is -2.17. The molecule has 6 nitrogen and oxygen atoms in total. The van der Waals surface area contributed by atoms with Crippen molar-refractivity contribution in [3.8, 4) is 11.1 Å². The van der Waals surface area contributed by atoms with E-state index in [9.17, 15) is 14.7 Å². The normalized spacial score (nSPS) is 13.2. The monoisotopic (exact) mass is 438 g/mol. The second kappa shape index (κ2) is 8.74. The van der Waals surface area contributed by atoms with Crippen molar-refractivity contribution < 1.29 is 19.4 Å². The highest BCUT2D eigenvalue weighted by Gasteiger charge is 2.29. The zero-order chi connectivity index (χ0) is 22.8. The highest BCUT2D eigenvalue weighted by molar-refractivity contribution is 5.82. The number of hydrogen-bond donors (Lipinski definition) is 2.